The maximum absolute atomic E-state index is 11.5. The third-order valence-electron chi connectivity index (χ3n) is 2.50. The first-order chi connectivity index (χ1) is 8.38. The summed E-state index contributed by atoms with van der Waals surface area (Å²) in [5.74, 6) is -1.15. The molecule has 0 aromatic heterocycles. The lowest BCUT2D eigenvalue weighted by molar-refractivity contribution is -0.161. The number of carbonyl (C=O) groups is 2. The molecule has 0 radical (unpaired) electrons. The molecule has 0 spiro atoms. The van der Waals surface area contributed by atoms with Crippen LogP contribution in [-0.4, -0.2) is 30.6 Å². The minimum Gasteiger partial charge on any atom is -0.391 e. The zero-order valence-corrected chi connectivity index (χ0v) is 11.2. The lowest BCUT2D eigenvalue weighted by Crippen LogP contribution is -2.40. The van der Waals surface area contributed by atoms with Crippen LogP contribution in [0.1, 0.15) is 39.5 Å². The number of hydrogen-bond donors (Lipinski definition) is 3. The Hall–Kier alpha value is -0.980. The molecule has 6 heteroatoms. The third-order valence-corrected chi connectivity index (χ3v) is 2.50. The SMILES string of the molecule is CC(C)C[C@@H](N)C(=O)OC(=O)[C@@H](N)CCCCN. The fraction of sp³-hybridized carbons (Fsp3) is 0.833. The molecule has 0 heterocycles. The largest absolute Gasteiger partial charge is 0.391 e. The summed E-state index contributed by atoms with van der Waals surface area (Å²) in [7, 11) is 0. The molecule has 0 rings (SSSR count). The van der Waals surface area contributed by atoms with E-state index in [1.54, 1.807) is 0 Å². The molecular formula is C12H25N3O3. The van der Waals surface area contributed by atoms with Gasteiger partial charge in [0.1, 0.15) is 12.1 Å². The van der Waals surface area contributed by atoms with Gasteiger partial charge in [0.15, 0.2) is 0 Å². The molecule has 0 fully saturated rings. The number of nitrogens with two attached hydrogens (primary N) is 3. The van der Waals surface area contributed by atoms with Gasteiger partial charge in [-0.25, -0.2) is 9.59 Å². The quantitative estimate of drug-likeness (QED) is 0.317. The Labute approximate surface area is 108 Å². The van der Waals surface area contributed by atoms with E-state index >= 15 is 0 Å². The van der Waals surface area contributed by atoms with E-state index in [1.165, 1.54) is 0 Å². The van der Waals surface area contributed by atoms with Crippen LogP contribution in [0.2, 0.25) is 0 Å². The highest BCUT2D eigenvalue weighted by Crippen LogP contribution is 2.06. The average molecular weight is 259 g/mol. The van der Waals surface area contributed by atoms with Gasteiger partial charge >= 0.3 is 11.9 Å². The van der Waals surface area contributed by atoms with Crippen LogP contribution < -0.4 is 17.2 Å². The first-order valence-electron chi connectivity index (χ1n) is 6.35. The summed E-state index contributed by atoms with van der Waals surface area (Å²) in [4.78, 5) is 23.0. The minimum absolute atomic E-state index is 0.265. The summed E-state index contributed by atoms with van der Waals surface area (Å²) in [6.45, 7) is 4.43. The molecule has 0 aliphatic heterocycles. The lowest BCUT2D eigenvalue weighted by atomic mass is 10.0. The Morgan fingerprint density at radius 1 is 1.06 bits per heavy atom. The van der Waals surface area contributed by atoms with Crippen molar-refractivity contribution in [2.45, 2.75) is 51.6 Å². The molecule has 0 aromatic rings. The van der Waals surface area contributed by atoms with Crippen molar-refractivity contribution in [3.05, 3.63) is 0 Å². The Bertz CT molecular complexity index is 269. The van der Waals surface area contributed by atoms with E-state index in [9.17, 15) is 9.59 Å². The van der Waals surface area contributed by atoms with Gasteiger partial charge in [-0.3, -0.25) is 0 Å². The second-order valence-electron chi connectivity index (χ2n) is 4.87. The lowest BCUT2D eigenvalue weighted by Gasteiger charge is -2.14. The second-order valence-corrected chi connectivity index (χ2v) is 4.87. The topological polar surface area (TPSA) is 121 Å². The Kier molecular flexibility index (Phi) is 8.53. The Morgan fingerprint density at radius 3 is 2.11 bits per heavy atom. The van der Waals surface area contributed by atoms with Crippen LogP contribution in [-0.2, 0) is 14.3 Å². The molecule has 106 valence electrons. The van der Waals surface area contributed by atoms with Crippen molar-refractivity contribution in [2.75, 3.05) is 6.54 Å². The highest BCUT2D eigenvalue weighted by molar-refractivity contribution is 5.90. The smallest absolute Gasteiger partial charge is 0.330 e. The molecule has 0 saturated carbocycles. The van der Waals surface area contributed by atoms with Gasteiger partial charge in [-0.1, -0.05) is 20.3 Å². The van der Waals surface area contributed by atoms with Crippen molar-refractivity contribution in [3.8, 4) is 0 Å². The van der Waals surface area contributed by atoms with Crippen molar-refractivity contribution in [1.82, 2.24) is 0 Å². The molecule has 0 amide bonds. The molecule has 0 aromatic carbocycles. The predicted molar refractivity (Wildman–Crippen MR) is 69.4 cm³/mol. The van der Waals surface area contributed by atoms with Crippen molar-refractivity contribution in [2.24, 2.45) is 23.1 Å². The van der Waals surface area contributed by atoms with Gasteiger partial charge < -0.3 is 21.9 Å². The molecule has 0 aliphatic carbocycles. The zero-order chi connectivity index (χ0) is 14.1. The number of ether oxygens (including phenoxy) is 1. The summed E-state index contributed by atoms with van der Waals surface area (Å²) in [5.41, 5.74) is 16.5. The predicted octanol–water partition coefficient (Wildman–Crippen LogP) is -0.114. The zero-order valence-electron chi connectivity index (χ0n) is 11.2. The number of unbranched alkanes of at least 4 members (excludes halogenated alkanes) is 1. The van der Waals surface area contributed by atoms with Crippen LogP contribution in [0.4, 0.5) is 0 Å². The summed E-state index contributed by atoms with van der Waals surface area (Å²) >= 11 is 0. The van der Waals surface area contributed by atoms with Gasteiger partial charge in [-0.15, -0.1) is 0 Å². The van der Waals surface area contributed by atoms with Crippen molar-refractivity contribution in [1.29, 1.82) is 0 Å². The normalized spacial score (nSPS) is 14.3. The van der Waals surface area contributed by atoms with Gasteiger partial charge in [0.2, 0.25) is 0 Å². The highest BCUT2D eigenvalue weighted by Gasteiger charge is 2.23. The van der Waals surface area contributed by atoms with E-state index in [0.717, 1.165) is 12.8 Å². The molecular weight excluding hydrogens is 234 g/mol. The first kappa shape index (κ1) is 17.0. The number of rotatable bonds is 8. The monoisotopic (exact) mass is 259 g/mol. The average Bonchev–Trinajstić information content (AvgIpc) is 2.28. The Balaban J connectivity index is 4.02. The maximum Gasteiger partial charge on any atom is 0.330 e. The molecule has 6 nitrogen and oxygen atoms in total. The summed E-state index contributed by atoms with van der Waals surface area (Å²) in [6.07, 6.45) is 2.47. The Morgan fingerprint density at radius 2 is 1.61 bits per heavy atom. The van der Waals surface area contributed by atoms with E-state index < -0.39 is 24.0 Å². The molecule has 2 atom stereocenters. The van der Waals surface area contributed by atoms with Crippen LogP contribution in [0.3, 0.4) is 0 Å². The van der Waals surface area contributed by atoms with Crippen LogP contribution in [0.15, 0.2) is 0 Å². The first-order valence-corrected chi connectivity index (χ1v) is 6.35. The molecule has 0 bridgehead atoms. The third kappa shape index (κ3) is 7.37. The molecule has 0 unspecified atom stereocenters. The van der Waals surface area contributed by atoms with E-state index in [2.05, 4.69) is 4.74 Å². The highest BCUT2D eigenvalue weighted by atomic mass is 16.6. The number of carbonyl (C=O) groups excluding carboxylic acids is 2. The molecule has 18 heavy (non-hydrogen) atoms. The molecule has 6 N–H and O–H groups in total. The van der Waals surface area contributed by atoms with Crippen molar-refractivity contribution >= 4 is 11.9 Å². The van der Waals surface area contributed by atoms with Crippen LogP contribution in [0.5, 0.6) is 0 Å². The van der Waals surface area contributed by atoms with Gasteiger partial charge in [-0.05, 0) is 31.7 Å². The molecule has 0 aliphatic rings. The number of hydrogen-bond acceptors (Lipinski definition) is 6. The van der Waals surface area contributed by atoms with Crippen molar-refractivity contribution < 1.29 is 14.3 Å². The second kappa shape index (κ2) is 9.02. The fourth-order valence-corrected chi connectivity index (χ4v) is 1.48. The van der Waals surface area contributed by atoms with E-state index in [0.29, 0.717) is 19.4 Å². The minimum atomic E-state index is -0.785. The van der Waals surface area contributed by atoms with E-state index in [1.807, 2.05) is 13.8 Å². The van der Waals surface area contributed by atoms with Gasteiger partial charge in [0.25, 0.3) is 0 Å². The summed E-state index contributed by atoms with van der Waals surface area (Å²) in [6, 6.07) is -1.56. The molecule has 0 saturated heterocycles. The van der Waals surface area contributed by atoms with Crippen LogP contribution in [0.25, 0.3) is 0 Å². The number of esters is 2. The van der Waals surface area contributed by atoms with Crippen LogP contribution >= 0.6 is 0 Å². The maximum atomic E-state index is 11.5. The standard InChI is InChI=1S/C12H25N3O3/c1-8(2)7-10(15)12(17)18-11(16)9(14)5-3-4-6-13/h8-10H,3-7,13-15H2,1-2H3/t9-,10+/m0/s1. The van der Waals surface area contributed by atoms with E-state index in [-0.39, 0.29) is 5.92 Å². The van der Waals surface area contributed by atoms with E-state index in [4.69, 9.17) is 17.2 Å². The summed E-state index contributed by atoms with van der Waals surface area (Å²) in [5, 5.41) is 0. The van der Waals surface area contributed by atoms with Crippen molar-refractivity contribution in [3.63, 3.8) is 0 Å². The van der Waals surface area contributed by atoms with Gasteiger partial charge in [-0.2, -0.15) is 0 Å². The fourth-order valence-electron chi connectivity index (χ4n) is 1.48. The van der Waals surface area contributed by atoms with Gasteiger partial charge in [0.05, 0.1) is 0 Å². The van der Waals surface area contributed by atoms with Crippen LogP contribution in [0, 0.1) is 5.92 Å². The summed E-state index contributed by atoms with van der Waals surface area (Å²) < 4.78 is 4.65. The van der Waals surface area contributed by atoms with Gasteiger partial charge in [0, 0.05) is 0 Å².